The SMILES string of the molecule is C=CCN(CC(C)C(=O)OC)C(=O)c1ccc(I)cc1. The van der Waals surface area contributed by atoms with E-state index in [1.165, 1.54) is 7.11 Å². The number of nitrogens with zero attached hydrogens (tertiary/aromatic N) is 1. The number of benzene rings is 1. The van der Waals surface area contributed by atoms with Gasteiger partial charge in [-0.25, -0.2) is 0 Å². The molecule has 1 aromatic rings. The highest BCUT2D eigenvalue weighted by Crippen LogP contribution is 2.11. The maximum Gasteiger partial charge on any atom is 0.310 e. The van der Waals surface area contributed by atoms with Crippen molar-refractivity contribution in [1.29, 1.82) is 0 Å². The summed E-state index contributed by atoms with van der Waals surface area (Å²) >= 11 is 2.19. The molecule has 4 nitrogen and oxygen atoms in total. The van der Waals surface area contributed by atoms with Crippen LogP contribution in [-0.2, 0) is 9.53 Å². The van der Waals surface area contributed by atoms with Crippen molar-refractivity contribution in [2.45, 2.75) is 6.92 Å². The van der Waals surface area contributed by atoms with Crippen LogP contribution in [0.1, 0.15) is 17.3 Å². The van der Waals surface area contributed by atoms with E-state index < -0.39 is 0 Å². The zero-order valence-electron chi connectivity index (χ0n) is 11.6. The van der Waals surface area contributed by atoms with Crippen LogP contribution in [0.25, 0.3) is 0 Å². The van der Waals surface area contributed by atoms with E-state index in [0.29, 0.717) is 18.7 Å². The van der Waals surface area contributed by atoms with E-state index in [4.69, 9.17) is 0 Å². The Bertz CT molecular complexity index is 484. The predicted octanol–water partition coefficient (Wildman–Crippen LogP) is 2.73. The fraction of sp³-hybridized carbons (Fsp3) is 0.333. The predicted molar refractivity (Wildman–Crippen MR) is 86.4 cm³/mol. The average molecular weight is 387 g/mol. The third-order valence-corrected chi connectivity index (χ3v) is 3.54. The van der Waals surface area contributed by atoms with Crippen molar-refractivity contribution < 1.29 is 14.3 Å². The Morgan fingerprint density at radius 2 is 2.00 bits per heavy atom. The third kappa shape index (κ3) is 4.63. The van der Waals surface area contributed by atoms with Gasteiger partial charge in [-0.3, -0.25) is 9.59 Å². The van der Waals surface area contributed by atoms with Crippen LogP contribution < -0.4 is 0 Å². The fourth-order valence-corrected chi connectivity index (χ4v) is 2.14. The summed E-state index contributed by atoms with van der Waals surface area (Å²) < 4.78 is 5.76. The lowest BCUT2D eigenvalue weighted by atomic mass is 10.1. The van der Waals surface area contributed by atoms with Gasteiger partial charge in [0, 0.05) is 22.2 Å². The molecule has 0 aliphatic carbocycles. The van der Waals surface area contributed by atoms with Gasteiger partial charge in [0.1, 0.15) is 0 Å². The van der Waals surface area contributed by atoms with Crippen LogP contribution in [0.15, 0.2) is 36.9 Å². The Balaban J connectivity index is 2.84. The minimum absolute atomic E-state index is 0.114. The molecule has 0 N–H and O–H groups in total. The van der Waals surface area contributed by atoms with Gasteiger partial charge in [0.05, 0.1) is 13.0 Å². The van der Waals surface area contributed by atoms with Gasteiger partial charge in [0.15, 0.2) is 0 Å². The number of hydrogen-bond acceptors (Lipinski definition) is 3. The van der Waals surface area contributed by atoms with E-state index in [1.807, 2.05) is 12.1 Å². The van der Waals surface area contributed by atoms with E-state index in [2.05, 4.69) is 33.9 Å². The zero-order valence-corrected chi connectivity index (χ0v) is 13.8. The lowest BCUT2D eigenvalue weighted by Crippen LogP contribution is -2.37. The first-order valence-corrected chi connectivity index (χ1v) is 7.31. The summed E-state index contributed by atoms with van der Waals surface area (Å²) in [5.74, 6) is -0.806. The van der Waals surface area contributed by atoms with Gasteiger partial charge in [-0.15, -0.1) is 6.58 Å². The summed E-state index contributed by atoms with van der Waals surface area (Å²) in [4.78, 5) is 25.5. The van der Waals surface area contributed by atoms with E-state index in [0.717, 1.165) is 3.57 Å². The molecule has 5 heteroatoms. The molecule has 1 aromatic carbocycles. The van der Waals surface area contributed by atoms with Crippen molar-refractivity contribution in [3.8, 4) is 0 Å². The maximum atomic E-state index is 12.4. The topological polar surface area (TPSA) is 46.6 Å². The van der Waals surface area contributed by atoms with Crippen LogP contribution in [0.3, 0.4) is 0 Å². The van der Waals surface area contributed by atoms with Crippen molar-refractivity contribution in [3.05, 3.63) is 46.1 Å². The average Bonchev–Trinajstić information content (AvgIpc) is 2.45. The quantitative estimate of drug-likeness (QED) is 0.429. The van der Waals surface area contributed by atoms with Crippen molar-refractivity contribution >= 4 is 34.5 Å². The molecule has 0 heterocycles. The summed E-state index contributed by atoms with van der Waals surface area (Å²) in [6, 6.07) is 7.32. The number of carbonyl (C=O) groups is 2. The first kappa shape index (κ1) is 16.7. The fourth-order valence-electron chi connectivity index (χ4n) is 1.78. The number of methoxy groups -OCH3 is 1. The summed E-state index contributed by atoms with van der Waals surface area (Å²) in [6.45, 7) is 6.09. The largest absolute Gasteiger partial charge is 0.469 e. The van der Waals surface area contributed by atoms with E-state index in [1.54, 1.807) is 30.0 Å². The van der Waals surface area contributed by atoms with E-state index >= 15 is 0 Å². The van der Waals surface area contributed by atoms with Gasteiger partial charge in [-0.2, -0.15) is 0 Å². The maximum absolute atomic E-state index is 12.4. The molecular weight excluding hydrogens is 369 g/mol. The van der Waals surface area contributed by atoms with Crippen molar-refractivity contribution in [2.75, 3.05) is 20.2 Å². The van der Waals surface area contributed by atoms with E-state index in [-0.39, 0.29) is 17.8 Å². The highest BCUT2D eigenvalue weighted by Gasteiger charge is 2.21. The Labute approximate surface area is 132 Å². The van der Waals surface area contributed by atoms with Gasteiger partial charge in [-0.05, 0) is 46.9 Å². The lowest BCUT2D eigenvalue weighted by Gasteiger charge is -2.23. The molecule has 0 spiro atoms. The second-order valence-corrected chi connectivity index (χ2v) is 5.68. The van der Waals surface area contributed by atoms with Gasteiger partial charge in [0.2, 0.25) is 0 Å². The molecule has 0 fully saturated rings. The monoisotopic (exact) mass is 387 g/mol. The van der Waals surface area contributed by atoms with Crippen molar-refractivity contribution in [2.24, 2.45) is 5.92 Å². The Morgan fingerprint density at radius 1 is 1.40 bits per heavy atom. The molecule has 0 aromatic heterocycles. The number of carbonyl (C=O) groups excluding carboxylic acids is 2. The second kappa shape index (κ2) is 8.04. The van der Waals surface area contributed by atoms with Crippen LogP contribution >= 0.6 is 22.6 Å². The summed E-state index contributed by atoms with van der Waals surface area (Å²) in [5.41, 5.74) is 0.601. The number of rotatable bonds is 6. The molecule has 1 unspecified atom stereocenters. The lowest BCUT2D eigenvalue weighted by molar-refractivity contribution is -0.145. The highest BCUT2D eigenvalue weighted by molar-refractivity contribution is 14.1. The zero-order chi connectivity index (χ0) is 15.1. The molecule has 1 amide bonds. The third-order valence-electron chi connectivity index (χ3n) is 2.83. The molecule has 1 atom stereocenters. The van der Waals surface area contributed by atoms with Crippen LogP contribution in [0.5, 0.6) is 0 Å². The number of halogens is 1. The Hall–Kier alpha value is -1.37. The van der Waals surface area contributed by atoms with Gasteiger partial charge in [0.25, 0.3) is 5.91 Å². The molecule has 20 heavy (non-hydrogen) atoms. The van der Waals surface area contributed by atoms with Crippen LogP contribution in [0.2, 0.25) is 0 Å². The van der Waals surface area contributed by atoms with Crippen molar-refractivity contribution in [1.82, 2.24) is 4.90 Å². The summed E-state index contributed by atoms with van der Waals surface area (Å²) in [7, 11) is 1.34. The standard InChI is InChI=1S/C15H18INO3/c1-4-9-17(10-11(2)15(19)20-3)14(18)12-5-7-13(16)8-6-12/h4-8,11H,1,9-10H2,2-3H3. The molecule has 0 saturated heterocycles. The molecule has 0 bridgehead atoms. The van der Waals surface area contributed by atoms with Crippen molar-refractivity contribution in [3.63, 3.8) is 0 Å². The number of ether oxygens (including phenoxy) is 1. The number of amides is 1. The second-order valence-electron chi connectivity index (χ2n) is 4.43. The normalized spacial score (nSPS) is 11.6. The van der Waals surface area contributed by atoms with Crippen LogP contribution in [0.4, 0.5) is 0 Å². The number of hydrogen-bond donors (Lipinski definition) is 0. The molecule has 0 aliphatic rings. The first-order valence-electron chi connectivity index (χ1n) is 6.23. The number of esters is 1. The van der Waals surface area contributed by atoms with E-state index in [9.17, 15) is 9.59 Å². The van der Waals surface area contributed by atoms with Gasteiger partial charge < -0.3 is 9.64 Å². The molecule has 0 radical (unpaired) electrons. The Morgan fingerprint density at radius 3 is 2.50 bits per heavy atom. The molecule has 0 saturated carbocycles. The summed E-state index contributed by atoms with van der Waals surface area (Å²) in [5, 5.41) is 0. The first-order chi connectivity index (χ1) is 9.49. The van der Waals surface area contributed by atoms with Crippen LogP contribution in [0, 0.1) is 9.49 Å². The molecule has 108 valence electrons. The minimum Gasteiger partial charge on any atom is -0.469 e. The minimum atomic E-state index is -0.368. The highest BCUT2D eigenvalue weighted by atomic mass is 127. The molecular formula is C15H18INO3. The smallest absolute Gasteiger partial charge is 0.310 e. The molecule has 1 rings (SSSR count). The van der Waals surface area contributed by atoms with Gasteiger partial charge in [-0.1, -0.05) is 13.0 Å². The Kier molecular flexibility index (Phi) is 6.70. The van der Waals surface area contributed by atoms with Crippen LogP contribution in [-0.4, -0.2) is 37.0 Å². The molecule has 0 aliphatic heterocycles. The summed E-state index contributed by atoms with van der Waals surface area (Å²) in [6.07, 6.45) is 1.65. The van der Waals surface area contributed by atoms with Gasteiger partial charge >= 0.3 is 5.97 Å².